The topological polar surface area (TPSA) is 84.9 Å². The van der Waals surface area contributed by atoms with Gasteiger partial charge in [0.15, 0.2) is 0 Å². The molecule has 1 saturated heterocycles. The van der Waals surface area contributed by atoms with Crippen molar-refractivity contribution >= 4 is 21.6 Å². The lowest BCUT2D eigenvalue weighted by Crippen LogP contribution is -2.41. The van der Waals surface area contributed by atoms with Crippen molar-refractivity contribution in [2.24, 2.45) is 5.92 Å². The summed E-state index contributed by atoms with van der Waals surface area (Å²) in [4.78, 5) is 12.9. The number of nitrogens with zero attached hydrogens (tertiary/aromatic N) is 1. The van der Waals surface area contributed by atoms with Crippen molar-refractivity contribution in [2.45, 2.75) is 24.7 Å². The van der Waals surface area contributed by atoms with E-state index >= 15 is 0 Å². The summed E-state index contributed by atoms with van der Waals surface area (Å²) in [6.07, 6.45) is 0.935. The average Bonchev–Trinajstić information content (AvgIpc) is 2.74. The molecule has 7 nitrogen and oxygen atoms in total. The van der Waals surface area contributed by atoms with E-state index in [9.17, 15) is 13.2 Å². The van der Waals surface area contributed by atoms with Crippen LogP contribution in [0.15, 0.2) is 47.4 Å². The summed E-state index contributed by atoms with van der Waals surface area (Å²) in [5.74, 6) is 0.840. The third-order valence-electron chi connectivity index (χ3n) is 5.13. The molecule has 1 aliphatic heterocycles. The normalized spacial score (nSPS) is 15.7. The van der Waals surface area contributed by atoms with E-state index in [1.165, 1.54) is 23.5 Å². The van der Waals surface area contributed by atoms with Crippen LogP contribution in [0.4, 0.5) is 5.69 Å². The van der Waals surface area contributed by atoms with Gasteiger partial charge in [-0.2, -0.15) is 4.31 Å². The van der Waals surface area contributed by atoms with Crippen molar-refractivity contribution in [3.8, 4) is 11.5 Å². The Balaban J connectivity index is 1.64. The Hall–Kier alpha value is -2.58. The standard InChI is InChI=1S/C21H26N2O5S/c1-15-4-9-20(28-3)19(14-15)22-21(24)16-10-12-23(13-11-16)29(25,26)18-7-5-17(27-2)6-8-18/h4-9,14,16H,10-13H2,1-3H3,(H,22,24). The van der Waals surface area contributed by atoms with Crippen molar-refractivity contribution in [1.29, 1.82) is 0 Å². The average molecular weight is 419 g/mol. The maximum Gasteiger partial charge on any atom is 0.243 e. The Labute approximate surface area is 171 Å². The molecule has 0 aromatic heterocycles. The molecule has 0 unspecified atom stereocenters. The van der Waals surface area contributed by atoms with Gasteiger partial charge in [0.2, 0.25) is 15.9 Å². The SMILES string of the molecule is COc1ccc(S(=O)(=O)N2CCC(C(=O)Nc3cc(C)ccc3OC)CC2)cc1. The summed E-state index contributed by atoms with van der Waals surface area (Å²) < 4.78 is 37.5. The molecule has 1 N–H and O–H groups in total. The van der Waals surface area contributed by atoms with E-state index < -0.39 is 10.0 Å². The fourth-order valence-electron chi connectivity index (χ4n) is 3.41. The monoisotopic (exact) mass is 418 g/mol. The Bertz CT molecular complexity index is 965. The van der Waals surface area contributed by atoms with Crippen LogP contribution in [-0.4, -0.2) is 45.9 Å². The van der Waals surface area contributed by atoms with Crippen molar-refractivity contribution in [1.82, 2.24) is 4.31 Å². The summed E-state index contributed by atoms with van der Waals surface area (Å²) in [7, 11) is -0.493. The smallest absolute Gasteiger partial charge is 0.243 e. The van der Waals surface area contributed by atoms with E-state index in [2.05, 4.69) is 5.32 Å². The highest BCUT2D eigenvalue weighted by molar-refractivity contribution is 7.89. The summed E-state index contributed by atoms with van der Waals surface area (Å²) in [5, 5.41) is 2.92. The first-order chi connectivity index (χ1) is 13.8. The lowest BCUT2D eigenvalue weighted by molar-refractivity contribution is -0.120. The number of aryl methyl sites for hydroxylation is 1. The first kappa shape index (κ1) is 21.1. The van der Waals surface area contributed by atoms with Gasteiger partial charge in [0.1, 0.15) is 11.5 Å². The fourth-order valence-corrected chi connectivity index (χ4v) is 4.88. The number of sulfonamides is 1. The summed E-state index contributed by atoms with van der Waals surface area (Å²) in [6.45, 7) is 2.55. The second kappa shape index (κ2) is 8.84. The molecule has 0 atom stereocenters. The second-order valence-corrected chi connectivity index (χ2v) is 8.98. The molecule has 3 rings (SSSR count). The van der Waals surface area contributed by atoms with Gasteiger partial charge in [-0.1, -0.05) is 6.07 Å². The number of hydrogen-bond acceptors (Lipinski definition) is 5. The maximum absolute atomic E-state index is 12.8. The molecule has 0 aliphatic carbocycles. The zero-order chi connectivity index (χ0) is 21.0. The number of ether oxygens (including phenoxy) is 2. The molecule has 1 amide bonds. The van der Waals surface area contributed by atoms with E-state index in [-0.39, 0.29) is 16.7 Å². The number of carbonyl (C=O) groups is 1. The molecule has 0 spiro atoms. The molecule has 2 aromatic rings. The van der Waals surface area contributed by atoms with Gasteiger partial charge < -0.3 is 14.8 Å². The minimum Gasteiger partial charge on any atom is -0.497 e. The third kappa shape index (κ3) is 4.71. The number of methoxy groups -OCH3 is 2. The largest absolute Gasteiger partial charge is 0.497 e. The summed E-state index contributed by atoms with van der Waals surface area (Å²) in [6, 6.07) is 11.9. The van der Waals surface area contributed by atoms with Gasteiger partial charge in [-0.05, 0) is 61.7 Å². The number of nitrogens with one attached hydrogen (secondary N) is 1. The number of amides is 1. The van der Waals surface area contributed by atoms with E-state index in [1.807, 2.05) is 25.1 Å². The number of benzene rings is 2. The predicted octanol–water partition coefficient (Wildman–Crippen LogP) is 3.05. The summed E-state index contributed by atoms with van der Waals surface area (Å²) in [5.41, 5.74) is 1.65. The van der Waals surface area contributed by atoms with Gasteiger partial charge in [-0.15, -0.1) is 0 Å². The molecule has 156 valence electrons. The predicted molar refractivity (Wildman–Crippen MR) is 111 cm³/mol. The molecule has 1 aliphatic rings. The lowest BCUT2D eigenvalue weighted by atomic mass is 9.97. The highest BCUT2D eigenvalue weighted by atomic mass is 32.2. The second-order valence-electron chi connectivity index (χ2n) is 7.05. The quantitative estimate of drug-likeness (QED) is 0.779. The minimum atomic E-state index is -3.59. The molecule has 8 heteroatoms. The van der Waals surface area contributed by atoms with Gasteiger partial charge in [-0.25, -0.2) is 8.42 Å². The van der Waals surface area contributed by atoms with Crippen LogP contribution in [0.25, 0.3) is 0 Å². The van der Waals surface area contributed by atoms with Gasteiger partial charge in [0, 0.05) is 19.0 Å². The van der Waals surface area contributed by atoms with Gasteiger partial charge in [-0.3, -0.25) is 4.79 Å². The van der Waals surface area contributed by atoms with Gasteiger partial charge in [0.05, 0.1) is 24.8 Å². The number of rotatable bonds is 6. The molecule has 0 bridgehead atoms. The molecule has 1 heterocycles. The Morgan fingerprint density at radius 1 is 1.03 bits per heavy atom. The lowest BCUT2D eigenvalue weighted by Gasteiger charge is -2.30. The first-order valence-corrected chi connectivity index (χ1v) is 10.9. The zero-order valence-electron chi connectivity index (χ0n) is 16.8. The van der Waals surface area contributed by atoms with Crippen molar-refractivity contribution in [3.63, 3.8) is 0 Å². The Morgan fingerprint density at radius 2 is 1.69 bits per heavy atom. The van der Waals surface area contributed by atoms with Crippen LogP contribution in [0.2, 0.25) is 0 Å². The van der Waals surface area contributed by atoms with Crippen LogP contribution in [0.3, 0.4) is 0 Å². The van der Waals surface area contributed by atoms with Crippen LogP contribution < -0.4 is 14.8 Å². The fraction of sp³-hybridized carbons (Fsp3) is 0.381. The number of hydrogen-bond donors (Lipinski definition) is 1. The van der Waals surface area contributed by atoms with Gasteiger partial charge in [0.25, 0.3) is 0 Å². The van der Waals surface area contributed by atoms with Gasteiger partial charge >= 0.3 is 0 Å². The molecule has 0 radical (unpaired) electrons. The summed E-state index contributed by atoms with van der Waals surface area (Å²) >= 11 is 0. The molecule has 1 fully saturated rings. The van der Waals surface area contributed by atoms with Crippen LogP contribution in [0.5, 0.6) is 11.5 Å². The maximum atomic E-state index is 12.8. The third-order valence-corrected chi connectivity index (χ3v) is 7.05. The van der Waals surface area contributed by atoms with Crippen molar-refractivity contribution in [2.75, 3.05) is 32.6 Å². The van der Waals surface area contributed by atoms with Crippen LogP contribution in [-0.2, 0) is 14.8 Å². The molecule has 29 heavy (non-hydrogen) atoms. The van der Waals surface area contributed by atoms with E-state index in [0.29, 0.717) is 43.1 Å². The highest BCUT2D eigenvalue weighted by Gasteiger charge is 2.32. The molecule has 2 aromatic carbocycles. The van der Waals surface area contributed by atoms with E-state index in [0.717, 1.165) is 5.56 Å². The van der Waals surface area contributed by atoms with Crippen LogP contribution in [0.1, 0.15) is 18.4 Å². The van der Waals surface area contributed by atoms with Crippen LogP contribution >= 0.6 is 0 Å². The zero-order valence-corrected chi connectivity index (χ0v) is 17.7. The molecule has 0 saturated carbocycles. The highest BCUT2D eigenvalue weighted by Crippen LogP contribution is 2.29. The van der Waals surface area contributed by atoms with Crippen molar-refractivity contribution < 1.29 is 22.7 Å². The minimum absolute atomic E-state index is 0.115. The van der Waals surface area contributed by atoms with E-state index in [1.54, 1.807) is 19.2 Å². The first-order valence-electron chi connectivity index (χ1n) is 9.45. The van der Waals surface area contributed by atoms with Crippen LogP contribution in [0, 0.1) is 12.8 Å². The number of carbonyl (C=O) groups excluding carboxylic acids is 1. The number of piperidine rings is 1. The van der Waals surface area contributed by atoms with E-state index in [4.69, 9.17) is 9.47 Å². The molecular formula is C21H26N2O5S. The van der Waals surface area contributed by atoms with Crippen molar-refractivity contribution in [3.05, 3.63) is 48.0 Å². The molecular weight excluding hydrogens is 392 g/mol. The Morgan fingerprint density at radius 3 is 2.28 bits per heavy atom. The Kier molecular flexibility index (Phi) is 6.44. The number of anilines is 1.